The highest BCUT2D eigenvalue weighted by Gasteiger charge is 2.08. The number of nitrogens with zero attached hydrogens (tertiary/aromatic N) is 1. The summed E-state index contributed by atoms with van der Waals surface area (Å²) < 4.78 is 5.94. The molecular weight excluding hydrogens is 401 g/mol. The fourth-order valence-electron chi connectivity index (χ4n) is 2.53. The molecule has 0 aliphatic rings. The van der Waals surface area contributed by atoms with E-state index in [4.69, 9.17) is 39.5 Å². The van der Waals surface area contributed by atoms with Crippen molar-refractivity contribution in [1.29, 1.82) is 5.26 Å². The van der Waals surface area contributed by atoms with Gasteiger partial charge in [0, 0.05) is 16.1 Å². The zero-order valence-electron chi connectivity index (χ0n) is 14.1. The third kappa shape index (κ3) is 4.84. The van der Waals surface area contributed by atoms with Crippen LogP contribution < -0.4 is 4.74 Å². The van der Waals surface area contributed by atoms with Crippen LogP contribution in [0.25, 0.3) is 11.6 Å². The molecule has 0 heterocycles. The van der Waals surface area contributed by atoms with E-state index in [0.29, 0.717) is 38.6 Å². The lowest BCUT2D eigenvalue weighted by molar-refractivity contribution is 0.305. The van der Waals surface area contributed by atoms with E-state index < -0.39 is 0 Å². The maximum absolute atomic E-state index is 9.58. The van der Waals surface area contributed by atoms with Gasteiger partial charge in [-0.3, -0.25) is 0 Å². The molecule has 0 fully saturated rings. The van der Waals surface area contributed by atoms with E-state index in [-0.39, 0.29) is 0 Å². The van der Waals surface area contributed by atoms with E-state index in [1.165, 1.54) is 0 Å². The Hall–Kier alpha value is -2.44. The number of rotatable bonds is 5. The quantitative estimate of drug-likeness (QED) is 0.324. The van der Waals surface area contributed by atoms with Gasteiger partial charge in [0.1, 0.15) is 12.4 Å². The number of benzene rings is 3. The molecule has 0 spiro atoms. The molecule has 3 aromatic rings. The normalized spacial score (nSPS) is 11.1. The molecule has 0 unspecified atom stereocenters. The van der Waals surface area contributed by atoms with Gasteiger partial charge in [-0.05, 0) is 35.9 Å². The van der Waals surface area contributed by atoms with Crippen LogP contribution in [0.5, 0.6) is 5.75 Å². The van der Waals surface area contributed by atoms with E-state index in [2.05, 4.69) is 6.07 Å². The van der Waals surface area contributed by atoms with Crippen LogP contribution in [0.1, 0.15) is 16.7 Å². The highest BCUT2D eigenvalue weighted by molar-refractivity contribution is 6.42. The maximum Gasteiger partial charge on any atom is 0.127 e. The van der Waals surface area contributed by atoms with Crippen molar-refractivity contribution in [2.24, 2.45) is 0 Å². The minimum atomic E-state index is 0.329. The first kappa shape index (κ1) is 19.3. The fourth-order valence-corrected chi connectivity index (χ4v) is 3.09. The molecular formula is C22H14Cl3NO. The molecule has 0 aliphatic carbocycles. The molecule has 3 aromatic carbocycles. The SMILES string of the molecule is N#CC(=Cc1ccccc1OCc1ccc(Cl)c(Cl)c1)c1ccccc1Cl. The summed E-state index contributed by atoms with van der Waals surface area (Å²) in [5, 5.41) is 11.1. The van der Waals surface area contributed by atoms with Gasteiger partial charge in [-0.25, -0.2) is 0 Å². The third-order valence-corrected chi connectivity index (χ3v) is 4.95. The van der Waals surface area contributed by atoms with Gasteiger partial charge in [-0.2, -0.15) is 5.26 Å². The average molecular weight is 415 g/mol. The Kier molecular flexibility index (Phi) is 6.42. The topological polar surface area (TPSA) is 33.0 Å². The second-order valence-electron chi connectivity index (χ2n) is 5.72. The van der Waals surface area contributed by atoms with E-state index in [9.17, 15) is 5.26 Å². The van der Waals surface area contributed by atoms with Crippen molar-refractivity contribution in [2.45, 2.75) is 6.61 Å². The van der Waals surface area contributed by atoms with Gasteiger partial charge in [0.2, 0.25) is 0 Å². The first-order valence-corrected chi connectivity index (χ1v) is 9.24. The van der Waals surface area contributed by atoms with Gasteiger partial charge in [-0.1, -0.05) is 77.3 Å². The van der Waals surface area contributed by atoms with Crippen LogP contribution in [0.3, 0.4) is 0 Å². The molecule has 2 nitrogen and oxygen atoms in total. The van der Waals surface area contributed by atoms with E-state index in [1.54, 1.807) is 24.3 Å². The van der Waals surface area contributed by atoms with Crippen molar-refractivity contribution < 1.29 is 4.74 Å². The van der Waals surface area contributed by atoms with Crippen molar-refractivity contribution >= 4 is 46.5 Å². The third-order valence-electron chi connectivity index (χ3n) is 3.88. The van der Waals surface area contributed by atoms with Gasteiger partial charge >= 0.3 is 0 Å². The van der Waals surface area contributed by atoms with Crippen molar-refractivity contribution in [3.05, 3.63) is 98.5 Å². The molecule has 0 aromatic heterocycles. The number of hydrogen-bond acceptors (Lipinski definition) is 2. The van der Waals surface area contributed by atoms with Crippen LogP contribution in [0, 0.1) is 11.3 Å². The first-order valence-electron chi connectivity index (χ1n) is 8.11. The molecule has 5 heteroatoms. The Morgan fingerprint density at radius 3 is 2.37 bits per heavy atom. The predicted molar refractivity (Wildman–Crippen MR) is 112 cm³/mol. The van der Waals surface area contributed by atoms with Crippen molar-refractivity contribution in [3.8, 4) is 11.8 Å². The summed E-state index contributed by atoms with van der Waals surface area (Å²) in [6, 6.07) is 22.3. The summed E-state index contributed by atoms with van der Waals surface area (Å²) in [6.07, 6.45) is 1.77. The van der Waals surface area contributed by atoms with Crippen molar-refractivity contribution in [1.82, 2.24) is 0 Å². The molecule has 0 radical (unpaired) electrons. The zero-order valence-corrected chi connectivity index (χ0v) is 16.4. The Labute approximate surface area is 173 Å². The Morgan fingerprint density at radius 2 is 1.63 bits per heavy atom. The molecule has 0 bridgehead atoms. The standard InChI is InChI=1S/C22H14Cl3NO/c23-19-7-3-2-6-18(19)17(13-26)12-16-5-1-4-8-22(16)27-14-15-9-10-20(24)21(25)11-15/h1-12H,14H2. The van der Waals surface area contributed by atoms with Crippen molar-refractivity contribution in [2.75, 3.05) is 0 Å². The number of allylic oxidation sites excluding steroid dienone is 1. The summed E-state index contributed by atoms with van der Waals surface area (Å²) in [7, 11) is 0. The van der Waals surface area contributed by atoms with Crippen LogP contribution in [-0.2, 0) is 6.61 Å². The molecule has 0 N–H and O–H groups in total. The molecule has 0 atom stereocenters. The minimum absolute atomic E-state index is 0.329. The number of nitriles is 1. The zero-order chi connectivity index (χ0) is 19.2. The van der Waals surface area contributed by atoms with Crippen LogP contribution >= 0.6 is 34.8 Å². The Balaban J connectivity index is 1.88. The number of ether oxygens (including phenoxy) is 1. The summed E-state index contributed by atoms with van der Waals surface area (Å²) >= 11 is 18.2. The lowest BCUT2D eigenvalue weighted by atomic mass is 10.0. The van der Waals surface area contributed by atoms with E-state index in [1.807, 2.05) is 48.5 Å². The smallest absolute Gasteiger partial charge is 0.127 e. The maximum atomic E-state index is 9.58. The van der Waals surface area contributed by atoms with Crippen LogP contribution in [-0.4, -0.2) is 0 Å². The lowest BCUT2D eigenvalue weighted by Crippen LogP contribution is -1.97. The van der Waals surface area contributed by atoms with Crippen LogP contribution in [0.4, 0.5) is 0 Å². The summed E-state index contributed by atoms with van der Waals surface area (Å²) in [5.41, 5.74) is 2.83. The van der Waals surface area contributed by atoms with E-state index >= 15 is 0 Å². The Morgan fingerprint density at radius 1 is 0.889 bits per heavy atom. The largest absolute Gasteiger partial charge is 0.488 e. The average Bonchev–Trinajstić information content (AvgIpc) is 2.68. The number of para-hydroxylation sites is 1. The second-order valence-corrected chi connectivity index (χ2v) is 6.95. The van der Waals surface area contributed by atoms with Gasteiger partial charge < -0.3 is 4.74 Å². The predicted octanol–water partition coefficient (Wildman–Crippen LogP) is 7.29. The highest BCUT2D eigenvalue weighted by Crippen LogP contribution is 2.29. The van der Waals surface area contributed by atoms with Crippen LogP contribution in [0.2, 0.25) is 15.1 Å². The van der Waals surface area contributed by atoms with Gasteiger partial charge in [-0.15, -0.1) is 0 Å². The monoisotopic (exact) mass is 413 g/mol. The van der Waals surface area contributed by atoms with E-state index in [0.717, 1.165) is 11.1 Å². The second kappa shape index (κ2) is 8.97. The molecule has 0 amide bonds. The Bertz CT molecular complexity index is 1040. The first-order chi connectivity index (χ1) is 13.1. The lowest BCUT2D eigenvalue weighted by Gasteiger charge is -2.11. The number of hydrogen-bond donors (Lipinski definition) is 0. The highest BCUT2D eigenvalue weighted by atomic mass is 35.5. The van der Waals surface area contributed by atoms with Gasteiger partial charge in [0.15, 0.2) is 0 Å². The summed E-state index contributed by atoms with van der Waals surface area (Å²) in [4.78, 5) is 0. The molecule has 134 valence electrons. The van der Waals surface area contributed by atoms with Crippen LogP contribution in [0.15, 0.2) is 66.7 Å². The number of halogens is 3. The fraction of sp³-hybridized carbons (Fsp3) is 0.0455. The van der Waals surface area contributed by atoms with Gasteiger partial charge in [0.05, 0.1) is 21.7 Å². The molecule has 0 saturated carbocycles. The van der Waals surface area contributed by atoms with Gasteiger partial charge in [0.25, 0.3) is 0 Å². The molecule has 27 heavy (non-hydrogen) atoms. The summed E-state index contributed by atoms with van der Waals surface area (Å²) in [6.45, 7) is 0.329. The molecule has 3 rings (SSSR count). The molecule has 0 saturated heterocycles. The van der Waals surface area contributed by atoms with Crippen molar-refractivity contribution in [3.63, 3.8) is 0 Å². The molecule has 0 aliphatic heterocycles. The minimum Gasteiger partial charge on any atom is -0.488 e. The summed E-state index contributed by atoms with van der Waals surface area (Å²) in [5.74, 6) is 0.656.